The summed E-state index contributed by atoms with van der Waals surface area (Å²) in [4.78, 5) is 17.6. The highest BCUT2D eigenvalue weighted by Gasteiger charge is 2.15. The van der Waals surface area contributed by atoms with Crippen LogP contribution in [0.25, 0.3) is 0 Å². The molecule has 1 heterocycles. The maximum atomic E-state index is 11.6. The third-order valence-electron chi connectivity index (χ3n) is 3.12. The quantitative estimate of drug-likeness (QED) is 0.223. The summed E-state index contributed by atoms with van der Waals surface area (Å²) in [5.41, 5.74) is -0.480. The van der Waals surface area contributed by atoms with Crippen LogP contribution in [0.5, 0.6) is 0 Å². The second kappa shape index (κ2) is 13.2. The fourth-order valence-electron chi connectivity index (χ4n) is 2.09. The van der Waals surface area contributed by atoms with Gasteiger partial charge in [-0.15, -0.1) is 35.3 Å². The van der Waals surface area contributed by atoms with Crippen molar-refractivity contribution in [2.24, 2.45) is 10.9 Å². The van der Waals surface area contributed by atoms with Gasteiger partial charge in [0.2, 0.25) is 0 Å². The summed E-state index contributed by atoms with van der Waals surface area (Å²) in [7, 11) is 0. The summed E-state index contributed by atoms with van der Waals surface area (Å²) in [5, 5.41) is 11.3. The number of halogens is 1. The Morgan fingerprint density at radius 1 is 1.27 bits per heavy atom. The van der Waals surface area contributed by atoms with Gasteiger partial charge in [0.15, 0.2) is 5.96 Å². The number of ether oxygens (including phenoxy) is 1. The van der Waals surface area contributed by atoms with Crippen LogP contribution in [0.15, 0.2) is 22.5 Å². The SMILES string of the molecule is CCNC(=NCC(C)Cc1cccs1)NCCNC(=O)OC(C)(C)C.I. The monoisotopic (exact) mass is 496 g/mol. The first-order chi connectivity index (χ1) is 11.8. The van der Waals surface area contributed by atoms with Gasteiger partial charge in [-0.2, -0.15) is 0 Å². The third-order valence-corrected chi connectivity index (χ3v) is 4.02. The second-order valence-electron chi connectivity index (χ2n) is 6.96. The molecule has 1 rings (SSSR count). The van der Waals surface area contributed by atoms with Crippen molar-refractivity contribution in [3.8, 4) is 0 Å². The summed E-state index contributed by atoms with van der Waals surface area (Å²) in [6, 6.07) is 4.25. The lowest BCUT2D eigenvalue weighted by Gasteiger charge is -2.20. The number of carbonyl (C=O) groups excluding carboxylic acids is 1. The number of amides is 1. The molecular weight excluding hydrogens is 463 g/mol. The highest BCUT2D eigenvalue weighted by molar-refractivity contribution is 14.0. The highest BCUT2D eigenvalue weighted by atomic mass is 127. The molecule has 8 heteroatoms. The Balaban J connectivity index is 0.00000625. The molecule has 0 aliphatic carbocycles. The van der Waals surface area contributed by atoms with E-state index in [1.165, 1.54) is 4.88 Å². The van der Waals surface area contributed by atoms with Gasteiger partial charge >= 0.3 is 6.09 Å². The third kappa shape index (κ3) is 12.3. The number of guanidine groups is 1. The molecule has 0 aliphatic heterocycles. The van der Waals surface area contributed by atoms with E-state index in [9.17, 15) is 4.79 Å². The Kier molecular flexibility index (Phi) is 12.7. The van der Waals surface area contributed by atoms with Crippen LogP contribution in [0.1, 0.15) is 39.5 Å². The van der Waals surface area contributed by atoms with Crippen molar-refractivity contribution >= 4 is 47.4 Å². The molecule has 0 saturated carbocycles. The van der Waals surface area contributed by atoms with E-state index < -0.39 is 11.7 Å². The van der Waals surface area contributed by atoms with Gasteiger partial charge in [-0.1, -0.05) is 13.0 Å². The Bertz CT molecular complexity index is 530. The number of aliphatic imine (C=N–C) groups is 1. The van der Waals surface area contributed by atoms with Crippen molar-refractivity contribution in [1.29, 1.82) is 0 Å². The number of alkyl carbamates (subject to hydrolysis) is 1. The van der Waals surface area contributed by atoms with Crippen LogP contribution in [-0.4, -0.2) is 43.8 Å². The van der Waals surface area contributed by atoms with E-state index >= 15 is 0 Å². The molecule has 1 atom stereocenters. The summed E-state index contributed by atoms with van der Waals surface area (Å²) in [5.74, 6) is 1.25. The lowest BCUT2D eigenvalue weighted by Crippen LogP contribution is -2.42. The number of rotatable bonds is 8. The molecule has 1 unspecified atom stereocenters. The summed E-state index contributed by atoms with van der Waals surface area (Å²) in [6.07, 6.45) is 0.640. The topological polar surface area (TPSA) is 74.8 Å². The molecule has 0 aromatic carbocycles. The van der Waals surface area contributed by atoms with Gasteiger partial charge in [0.25, 0.3) is 0 Å². The van der Waals surface area contributed by atoms with Gasteiger partial charge in [0, 0.05) is 31.1 Å². The van der Waals surface area contributed by atoms with Gasteiger partial charge in [-0.25, -0.2) is 4.79 Å². The van der Waals surface area contributed by atoms with E-state index in [4.69, 9.17) is 4.74 Å². The first kappa shape index (κ1) is 25.0. The van der Waals surface area contributed by atoms with E-state index in [0.717, 1.165) is 25.5 Å². The van der Waals surface area contributed by atoms with Crippen LogP contribution in [-0.2, 0) is 11.2 Å². The fourth-order valence-corrected chi connectivity index (χ4v) is 2.96. The predicted octanol–water partition coefficient (Wildman–Crippen LogP) is 3.62. The normalized spacial score (nSPS) is 12.7. The van der Waals surface area contributed by atoms with E-state index in [-0.39, 0.29) is 24.0 Å². The molecule has 0 saturated heterocycles. The minimum atomic E-state index is -0.480. The molecule has 0 fully saturated rings. The number of thiophene rings is 1. The molecule has 0 bridgehead atoms. The Morgan fingerprint density at radius 3 is 2.54 bits per heavy atom. The zero-order chi connectivity index (χ0) is 18.7. The summed E-state index contributed by atoms with van der Waals surface area (Å²) >= 11 is 1.79. The van der Waals surface area contributed by atoms with Gasteiger partial charge in [0.1, 0.15) is 5.60 Å². The minimum absolute atomic E-state index is 0. The molecule has 0 spiro atoms. The minimum Gasteiger partial charge on any atom is -0.444 e. The molecular formula is C18H33IN4O2S. The van der Waals surface area contributed by atoms with Crippen LogP contribution in [0.2, 0.25) is 0 Å². The average Bonchev–Trinajstić information content (AvgIpc) is 3.00. The number of nitrogens with zero attached hydrogens (tertiary/aromatic N) is 1. The van der Waals surface area contributed by atoms with Crippen molar-refractivity contribution in [2.45, 2.75) is 46.6 Å². The van der Waals surface area contributed by atoms with Crippen molar-refractivity contribution in [1.82, 2.24) is 16.0 Å². The van der Waals surface area contributed by atoms with Crippen molar-refractivity contribution < 1.29 is 9.53 Å². The lowest BCUT2D eigenvalue weighted by atomic mass is 10.1. The van der Waals surface area contributed by atoms with Crippen LogP contribution in [0.3, 0.4) is 0 Å². The van der Waals surface area contributed by atoms with Gasteiger partial charge in [-0.05, 0) is 51.5 Å². The lowest BCUT2D eigenvalue weighted by molar-refractivity contribution is 0.0529. The standard InChI is InChI=1S/C18H32N4O2S.HI/c1-6-19-16(20-9-10-21-17(23)24-18(3,4)5)22-13-14(2)12-15-8-7-11-25-15;/h7-8,11,14H,6,9-10,12-13H2,1-5H3,(H,21,23)(H2,19,20,22);1H. The Labute approximate surface area is 178 Å². The molecule has 0 aliphatic rings. The summed E-state index contributed by atoms with van der Waals surface area (Å²) in [6.45, 7) is 12.4. The molecule has 6 nitrogen and oxygen atoms in total. The van der Waals surface area contributed by atoms with E-state index in [0.29, 0.717) is 19.0 Å². The maximum absolute atomic E-state index is 11.6. The van der Waals surface area contributed by atoms with Crippen molar-refractivity contribution in [2.75, 3.05) is 26.2 Å². The van der Waals surface area contributed by atoms with Gasteiger partial charge in [0.05, 0.1) is 0 Å². The molecule has 1 aromatic rings. The maximum Gasteiger partial charge on any atom is 0.407 e. The molecule has 26 heavy (non-hydrogen) atoms. The molecule has 1 aromatic heterocycles. The van der Waals surface area contributed by atoms with E-state index in [1.807, 2.05) is 27.7 Å². The van der Waals surface area contributed by atoms with Crippen molar-refractivity contribution in [3.05, 3.63) is 22.4 Å². The van der Waals surface area contributed by atoms with Crippen LogP contribution >= 0.6 is 35.3 Å². The number of hydrogen-bond acceptors (Lipinski definition) is 4. The fraction of sp³-hybridized carbons (Fsp3) is 0.667. The first-order valence-electron chi connectivity index (χ1n) is 8.81. The van der Waals surface area contributed by atoms with E-state index in [2.05, 4.69) is 45.4 Å². The zero-order valence-electron chi connectivity index (χ0n) is 16.4. The number of carbonyl (C=O) groups is 1. The van der Waals surface area contributed by atoms with Gasteiger partial charge in [-0.3, -0.25) is 4.99 Å². The average molecular weight is 496 g/mol. The Hall–Kier alpha value is -1.03. The van der Waals surface area contributed by atoms with Crippen molar-refractivity contribution in [3.63, 3.8) is 0 Å². The van der Waals surface area contributed by atoms with Crippen LogP contribution in [0, 0.1) is 5.92 Å². The first-order valence-corrected chi connectivity index (χ1v) is 9.69. The zero-order valence-corrected chi connectivity index (χ0v) is 19.6. The smallest absolute Gasteiger partial charge is 0.407 e. The largest absolute Gasteiger partial charge is 0.444 e. The molecule has 3 N–H and O–H groups in total. The second-order valence-corrected chi connectivity index (χ2v) is 8.00. The van der Waals surface area contributed by atoms with Crippen LogP contribution < -0.4 is 16.0 Å². The van der Waals surface area contributed by atoms with Crippen LogP contribution in [0.4, 0.5) is 4.79 Å². The van der Waals surface area contributed by atoms with E-state index in [1.54, 1.807) is 11.3 Å². The Morgan fingerprint density at radius 2 is 1.96 bits per heavy atom. The molecule has 0 radical (unpaired) electrons. The number of hydrogen-bond donors (Lipinski definition) is 3. The molecule has 150 valence electrons. The number of nitrogens with one attached hydrogen (secondary N) is 3. The molecule has 1 amide bonds. The predicted molar refractivity (Wildman–Crippen MR) is 121 cm³/mol. The highest BCUT2D eigenvalue weighted by Crippen LogP contribution is 2.14. The summed E-state index contributed by atoms with van der Waals surface area (Å²) < 4.78 is 5.20. The van der Waals surface area contributed by atoms with Gasteiger partial charge < -0.3 is 20.7 Å².